The SMILES string of the molecule is CCOC(=O)C1=C(C[NH+](C)Cc2nc3ccccc3s2)NC(=O)NC1. The standard InChI is InChI=1S/C17H20N4O3S/c1-3-24-16(22)11-8-18-17(23)20-13(11)9-21(2)10-15-19-12-6-4-5-7-14(12)25-15/h4-7H,3,8-10H2,1-2H3,(H2,18,20,23)/p+1. The van der Waals surface area contributed by atoms with Crippen LogP contribution in [-0.2, 0) is 16.1 Å². The smallest absolute Gasteiger partial charge is 0.337 e. The van der Waals surface area contributed by atoms with E-state index in [-0.39, 0.29) is 12.6 Å². The number of carbonyl (C=O) groups excluding carboxylic acids is 2. The van der Waals surface area contributed by atoms with Gasteiger partial charge in [-0.2, -0.15) is 0 Å². The molecule has 0 fully saturated rings. The van der Waals surface area contributed by atoms with Gasteiger partial charge in [0.05, 0.1) is 41.7 Å². The molecule has 1 aromatic heterocycles. The molecule has 1 aliphatic heterocycles. The first kappa shape index (κ1) is 17.4. The van der Waals surface area contributed by atoms with Crippen molar-refractivity contribution in [2.45, 2.75) is 13.5 Å². The van der Waals surface area contributed by atoms with Crippen LogP contribution >= 0.6 is 11.3 Å². The molecular weight excluding hydrogens is 340 g/mol. The zero-order valence-corrected chi connectivity index (χ0v) is 15.0. The molecule has 132 valence electrons. The highest BCUT2D eigenvalue weighted by atomic mass is 32.1. The average molecular weight is 361 g/mol. The first-order valence-electron chi connectivity index (χ1n) is 8.16. The summed E-state index contributed by atoms with van der Waals surface area (Å²) in [5, 5.41) is 6.38. The normalized spacial score (nSPS) is 15.7. The fraction of sp³-hybridized carbons (Fsp3) is 0.353. The van der Waals surface area contributed by atoms with Crippen LogP contribution in [0.4, 0.5) is 4.79 Å². The first-order valence-corrected chi connectivity index (χ1v) is 8.98. The number of nitrogens with zero attached hydrogens (tertiary/aromatic N) is 1. The summed E-state index contributed by atoms with van der Waals surface area (Å²) in [6, 6.07) is 7.74. The maximum atomic E-state index is 12.1. The number of aromatic nitrogens is 1. The van der Waals surface area contributed by atoms with Crippen LogP contribution < -0.4 is 15.5 Å². The quantitative estimate of drug-likeness (QED) is 0.652. The number of benzene rings is 1. The van der Waals surface area contributed by atoms with Gasteiger partial charge in [0.1, 0.15) is 18.1 Å². The maximum Gasteiger partial charge on any atom is 0.337 e. The average Bonchev–Trinajstić information content (AvgIpc) is 2.97. The van der Waals surface area contributed by atoms with Crippen LogP contribution in [0.25, 0.3) is 10.2 Å². The van der Waals surface area contributed by atoms with Crippen molar-refractivity contribution >= 4 is 33.6 Å². The molecule has 2 heterocycles. The van der Waals surface area contributed by atoms with Gasteiger partial charge in [0.2, 0.25) is 0 Å². The number of hydrogen-bond donors (Lipinski definition) is 3. The van der Waals surface area contributed by atoms with Gasteiger partial charge in [-0.3, -0.25) is 0 Å². The van der Waals surface area contributed by atoms with E-state index in [2.05, 4.69) is 21.7 Å². The van der Waals surface area contributed by atoms with Gasteiger partial charge in [-0.25, -0.2) is 14.6 Å². The minimum absolute atomic E-state index is 0.189. The van der Waals surface area contributed by atoms with E-state index in [1.54, 1.807) is 18.3 Å². The largest absolute Gasteiger partial charge is 0.463 e. The predicted octanol–water partition coefficient (Wildman–Crippen LogP) is 0.441. The number of thiazole rings is 1. The van der Waals surface area contributed by atoms with Gasteiger partial charge < -0.3 is 20.3 Å². The van der Waals surface area contributed by atoms with Crippen LogP contribution in [0.2, 0.25) is 0 Å². The van der Waals surface area contributed by atoms with E-state index in [4.69, 9.17) is 4.74 Å². The Morgan fingerprint density at radius 1 is 1.36 bits per heavy atom. The van der Waals surface area contributed by atoms with Crippen molar-refractivity contribution in [2.24, 2.45) is 0 Å². The van der Waals surface area contributed by atoms with Crippen molar-refractivity contribution in [3.8, 4) is 0 Å². The van der Waals surface area contributed by atoms with Crippen molar-refractivity contribution in [3.05, 3.63) is 40.5 Å². The second-order valence-electron chi connectivity index (χ2n) is 5.87. The van der Waals surface area contributed by atoms with E-state index in [0.717, 1.165) is 20.1 Å². The van der Waals surface area contributed by atoms with E-state index in [1.165, 1.54) is 0 Å². The van der Waals surface area contributed by atoms with E-state index in [1.807, 2.05) is 25.2 Å². The lowest BCUT2D eigenvalue weighted by Crippen LogP contribution is -3.08. The molecule has 0 saturated carbocycles. The summed E-state index contributed by atoms with van der Waals surface area (Å²) >= 11 is 1.66. The van der Waals surface area contributed by atoms with Crippen molar-refractivity contribution in [1.82, 2.24) is 15.6 Å². The topological polar surface area (TPSA) is 84.8 Å². The zero-order chi connectivity index (χ0) is 17.8. The molecule has 3 N–H and O–H groups in total. The Morgan fingerprint density at radius 3 is 2.92 bits per heavy atom. The molecule has 2 amide bonds. The van der Waals surface area contributed by atoms with E-state index in [9.17, 15) is 9.59 Å². The highest BCUT2D eigenvalue weighted by molar-refractivity contribution is 7.18. The van der Waals surface area contributed by atoms with Gasteiger partial charge in [0.25, 0.3) is 0 Å². The van der Waals surface area contributed by atoms with Gasteiger partial charge >= 0.3 is 12.0 Å². The number of amides is 2. The zero-order valence-electron chi connectivity index (χ0n) is 14.2. The Balaban J connectivity index is 1.73. The molecule has 0 bridgehead atoms. The lowest BCUT2D eigenvalue weighted by molar-refractivity contribution is -0.889. The van der Waals surface area contributed by atoms with Crippen LogP contribution in [0, 0.1) is 0 Å². The molecule has 1 unspecified atom stereocenters. The second kappa shape index (κ2) is 7.62. The minimum atomic E-state index is -0.391. The first-order chi connectivity index (χ1) is 12.1. The summed E-state index contributed by atoms with van der Waals surface area (Å²) in [7, 11) is 2.01. The fourth-order valence-electron chi connectivity index (χ4n) is 2.71. The van der Waals surface area contributed by atoms with Crippen LogP contribution in [-0.4, -0.2) is 43.7 Å². The molecule has 1 aromatic carbocycles. The summed E-state index contributed by atoms with van der Waals surface area (Å²) in [6.07, 6.45) is 0. The maximum absolute atomic E-state index is 12.1. The van der Waals surface area contributed by atoms with Crippen molar-refractivity contribution < 1.29 is 19.2 Å². The summed E-state index contributed by atoms with van der Waals surface area (Å²) in [5.41, 5.74) is 2.09. The molecule has 0 aliphatic carbocycles. The number of esters is 1. The van der Waals surface area contributed by atoms with Gasteiger partial charge in [-0.15, -0.1) is 11.3 Å². The third-order valence-electron chi connectivity index (χ3n) is 3.85. The highest BCUT2D eigenvalue weighted by Gasteiger charge is 2.26. The van der Waals surface area contributed by atoms with Crippen molar-refractivity contribution in [1.29, 1.82) is 0 Å². The number of para-hydroxylation sites is 1. The lowest BCUT2D eigenvalue weighted by atomic mass is 10.1. The third kappa shape index (κ3) is 4.15. The number of likely N-dealkylation sites (N-methyl/N-ethyl adjacent to an activating group) is 1. The summed E-state index contributed by atoms with van der Waals surface area (Å²) in [6.45, 7) is 3.48. The third-order valence-corrected chi connectivity index (χ3v) is 4.88. The van der Waals surface area contributed by atoms with Crippen LogP contribution in [0.5, 0.6) is 0 Å². The monoisotopic (exact) mass is 361 g/mol. The van der Waals surface area contributed by atoms with Crippen LogP contribution in [0.1, 0.15) is 11.9 Å². The van der Waals surface area contributed by atoms with Crippen LogP contribution in [0.15, 0.2) is 35.5 Å². The number of hydrogen-bond acceptors (Lipinski definition) is 5. The molecule has 25 heavy (non-hydrogen) atoms. The molecule has 3 rings (SSSR count). The van der Waals surface area contributed by atoms with Gasteiger partial charge in [-0.05, 0) is 19.1 Å². The summed E-state index contributed by atoms with van der Waals surface area (Å²) < 4.78 is 6.24. The predicted molar refractivity (Wildman–Crippen MR) is 95.3 cm³/mol. The molecule has 1 aliphatic rings. The highest BCUT2D eigenvalue weighted by Crippen LogP contribution is 2.20. The molecule has 8 heteroatoms. The van der Waals surface area contributed by atoms with Gasteiger partial charge in [-0.1, -0.05) is 12.1 Å². The number of quaternary nitrogens is 1. The Labute approximate surface area is 149 Å². The molecular formula is C17H21N4O3S+. The Kier molecular flexibility index (Phi) is 5.30. The number of carbonyl (C=O) groups is 2. The summed E-state index contributed by atoms with van der Waals surface area (Å²) in [4.78, 5) is 29.5. The molecule has 2 aromatic rings. The van der Waals surface area contributed by atoms with Gasteiger partial charge in [0, 0.05) is 0 Å². The number of fused-ring (bicyclic) bond motifs is 1. The molecule has 0 radical (unpaired) electrons. The molecule has 1 atom stereocenters. The number of nitrogens with one attached hydrogen (secondary N) is 3. The van der Waals surface area contributed by atoms with Gasteiger partial charge in [0.15, 0.2) is 0 Å². The van der Waals surface area contributed by atoms with E-state index >= 15 is 0 Å². The van der Waals surface area contributed by atoms with E-state index < -0.39 is 5.97 Å². The van der Waals surface area contributed by atoms with Crippen molar-refractivity contribution in [3.63, 3.8) is 0 Å². The Hall–Kier alpha value is -2.45. The number of urea groups is 1. The molecule has 0 spiro atoms. The Morgan fingerprint density at radius 2 is 2.16 bits per heavy atom. The Bertz CT molecular complexity index is 797. The molecule has 7 nitrogen and oxygen atoms in total. The number of rotatable bonds is 6. The van der Waals surface area contributed by atoms with E-state index in [0.29, 0.717) is 31.0 Å². The van der Waals surface area contributed by atoms with Crippen LogP contribution in [0.3, 0.4) is 0 Å². The lowest BCUT2D eigenvalue weighted by Gasteiger charge is -2.23. The summed E-state index contributed by atoms with van der Waals surface area (Å²) in [5.74, 6) is -0.391. The molecule has 0 saturated heterocycles. The minimum Gasteiger partial charge on any atom is -0.463 e. The fourth-order valence-corrected chi connectivity index (χ4v) is 3.80. The van der Waals surface area contributed by atoms with Crippen molar-refractivity contribution in [2.75, 3.05) is 26.7 Å². The second-order valence-corrected chi connectivity index (χ2v) is 6.99. The number of ether oxygens (including phenoxy) is 1.